The fourth-order valence-electron chi connectivity index (χ4n) is 2.82. The van der Waals surface area contributed by atoms with Crippen molar-refractivity contribution in [3.8, 4) is 5.75 Å². The van der Waals surface area contributed by atoms with E-state index in [-0.39, 0.29) is 5.91 Å². The summed E-state index contributed by atoms with van der Waals surface area (Å²) in [7, 11) is 0. The highest BCUT2D eigenvalue weighted by atomic mass is 32.1. The topological polar surface area (TPSA) is 55.6 Å². The Labute approximate surface area is 140 Å². The van der Waals surface area contributed by atoms with Gasteiger partial charge in [-0.3, -0.25) is 4.79 Å². The molecule has 0 unspecified atom stereocenters. The number of piperidine rings is 1. The van der Waals surface area contributed by atoms with Gasteiger partial charge >= 0.3 is 0 Å². The molecule has 1 amide bonds. The predicted molar refractivity (Wildman–Crippen MR) is 92.8 cm³/mol. The van der Waals surface area contributed by atoms with Crippen LogP contribution in [0.3, 0.4) is 0 Å². The Balaban J connectivity index is 1.61. The highest BCUT2D eigenvalue weighted by Gasteiger charge is 2.23. The number of hydrogen-bond acceptors (Lipinski definition) is 4. The van der Waals surface area contributed by atoms with Crippen LogP contribution < -0.4 is 10.5 Å². The highest BCUT2D eigenvalue weighted by Crippen LogP contribution is 2.21. The quantitative estimate of drug-likeness (QED) is 0.916. The number of benzene rings is 1. The summed E-state index contributed by atoms with van der Waals surface area (Å²) in [6, 6.07) is 11.5. The van der Waals surface area contributed by atoms with E-state index in [0.29, 0.717) is 24.6 Å². The van der Waals surface area contributed by atoms with Crippen LogP contribution >= 0.6 is 11.3 Å². The molecule has 1 fully saturated rings. The van der Waals surface area contributed by atoms with E-state index in [9.17, 15) is 4.79 Å². The van der Waals surface area contributed by atoms with E-state index in [4.69, 9.17) is 10.5 Å². The van der Waals surface area contributed by atoms with E-state index in [0.717, 1.165) is 31.7 Å². The number of carbonyl (C=O) groups excluding carboxylic acids is 1. The minimum Gasteiger partial charge on any atom is -0.488 e. The monoisotopic (exact) mass is 330 g/mol. The molecular weight excluding hydrogens is 308 g/mol. The summed E-state index contributed by atoms with van der Waals surface area (Å²) in [4.78, 5) is 15.7. The summed E-state index contributed by atoms with van der Waals surface area (Å²) in [5.41, 5.74) is 6.40. The number of nitrogens with zero attached hydrogens (tertiary/aromatic N) is 1. The molecule has 0 spiro atoms. The van der Waals surface area contributed by atoms with Crippen LogP contribution in [-0.4, -0.2) is 30.4 Å². The van der Waals surface area contributed by atoms with Crippen molar-refractivity contribution >= 4 is 17.2 Å². The van der Waals surface area contributed by atoms with Crippen LogP contribution in [0.5, 0.6) is 5.75 Å². The van der Waals surface area contributed by atoms with Gasteiger partial charge in [0.25, 0.3) is 5.91 Å². The average Bonchev–Trinajstić information content (AvgIpc) is 3.13. The summed E-state index contributed by atoms with van der Waals surface area (Å²) in [5.74, 6) is 1.38. The number of amides is 1. The molecule has 122 valence electrons. The van der Waals surface area contributed by atoms with Crippen LogP contribution in [0, 0.1) is 5.92 Å². The van der Waals surface area contributed by atoms with Gasteiger partial charge in [-0.25, -0.2) is 0 Å². The summed E-state index contributed by atoms with van der Waals surface area (Å²) < 4.78 is 5.79. The van der Waals surface area contributed by atoms with E-state index < -0.39 is 0 Å². The predicted octanol–water partition coefficient (Wildman–Crippen LogP) is 3.14. The largest absolute Gasteiger partial charge is 0.488 e. The molecule has 2 N–H and O–H groups in total. The number of carbonyl (C=O) groups is 1. The van der Waals surface area contributed by atoms with Gasteiger partial charge in [0.15, 0.2) is 0 Å². The zero-order valence-corrected chi connectivity index (χ0v) is 13.9. The van der Waals surface area contributed by atoms with Crippen molar-refractivity contribution in [2.24, 2.45) is 11.7 Å². The van der Waals surface area contributed by atoms with Gasteiger partial charge in [-0.2, -0.15) is 0 Å². The minimum atomic E-state index is 0.0852. The Kier molecular flexibility index (Phi) is 5.31. The molecule has 0 saturated carbocycles. The molecule has 1 aliphatic rings. The number of thiophene rings is 1. The van der Waals surface area contributed by atoms with E-state index in [1.165, 1.54) is 4.88 Å². The number of nitrogens with two attached hydrogens (primary N) is 1. The third kappa shape index (κ3) is 4.12. The van der Waals surface area contributed by atoms with Gasteiger partial charge in [0.2, 0.25) is 0 Å². The Morgan fingerprint density at radius 2 is 2.09 bits per heavy atom. The van der Waals surface area contributed by atoms with Crippen LogP contribution in [0.15, 0.2) is 41.8 Å². The lowest BCUT2D eigenvalue weighted by Gasteiger charge is -2.31. The first-order chi connectivity index (χ1) is 11.3. The number of rotatable bonds is 5. The van der Waals surface area contributed by atoms with Crippen molar-refractivity contribution < 1.29 is 9.53 Å². The summed E-state index contributed by atoms with van der Waals surface area (Å²) in [6.07, 6.45) is 1.99. The summed E-state index contributed by atoms with van der Waals surface area (Å²) >= 11 is 1.67. The second-order valence-corrected chi connectivity index (χ2v) is 6.90. The number of likely N-dealkylation sites (tertiary alicyclic amines) is 1. The van der Waals surface area contributed by atoms with Crippen molar-refractivity contribution in [3.63, 3.8) is 0 Å². The molecule has 5 heteroatoms. The lowest BCUT2D eigenvalue weighted by Crippen LogP contribution is -2.40. The average molecular weight is 330 g/mol. The number of hydrogen-bond donors (Lipinski definition) is 1. The van der Waals surface area contributed by atoms with Crippen LogP contribution in [0.4, 0.5) is 0 Å². The zero-order valence-electron chi connectivity index (χ0n) is 13.1. The van der Waals surface area contributed by atoms with Crippen molar-refractivity contribution in [2.75, 3.05) is 19.6 Å². The van der Waals surface area contributed by atoms with Crippen molar-refractivity contribution in [2.45, 2.75) is 19.4 Å². The Morgan fingerprint density at radius 3 is 2.78 bits per heavy atom. The fourth-order valence-corrected chi connectivity index (χ4v) is 3.44. The maximum Gasteiger partial charge on any atom is 0.253 e. The third-order valence-electron chi connectivity index (χ3n) is 4.28. The maximum atomic E-state index is 12.6. The van der Waals surface area contributed by atoms with Gasteiger partial charge in [-0.1, -0.05) is 12.1 Å². The number of ether oxygens (including phenoxy) is 1. The summed E-state index contributed by atoms with van der Waals surface area (Å²) in [5, 5.41) is 2.03. The SMILES string of the molecule is NCC1CCN(C(=O)c2cccc(OCc3cccs3)c2)CC1. The van der Waals surface area contributed by atoms with E-state index >= 15 is 0 Å². The lowest BCUT2D eigenvalue weighted by atomic mass is 9.96. The van der Waals surface area contributed by atoms with Crippen molar-refractivity contribution in [1.29, 1.82) is 0 Å². The molecule has 4 nitrogen and oxygen atoms in total. The van der Waals surface area contributed by atoms with Crippen molar-refractivity contribution in [1.82, 2.24) is 4.90 Å². The molecule has 1 saturated heterocycles. The molecule has 1 aromatic carbocycles. The molecule has 0 bridgehead atoms. The van der Waals surface area contributed by atoms with E-state index in [2.05, 4.69) is 0 Å². The molecule has 23 heavy (non-hydrogen) atoms. The molecule has 1 aromatic heterocycles. The van der Waals surface area contributed by atoms with Crippen molar-refractivity contribution in [3.05, 3.63) is 52.2 Å². The van der Waals surface area contributed by atoms with Gasteiger partial charge in [0, 0.05) is 23.5 Å². The molecule has 1 aliphatic heterocycles. The van der Waals surface area contributed by atoms with E-state index in [1.807, 2.05) is 46.7 Å². The fraction of sp³-hybridized carbons (Fsp3) is 0.389. The lowest BCUT2D eigenvalue weighted by molar-refractivity contribution is 0.0693. The molecule has 0 radical (unpaired) electrons. The van der Waals surface area contributed by atoms with Crippen LogP contribution in [0.1, 0.15) is 28.1 Å². The Morgan fingerprint density at radius 1 is 1.26 bits per heavy atom. The van der Waals surface area contributed by atoms with Gasteiger partial charge in [0.1, 0.15) is 12.4 Å². The second kappa shape index (κ2) is 7.62. The first kappa shape index (κ1) is 16.0. The maximum absolute atomic E-state index is 12.6. The molecule has 0 atom stereocenters. The minimum absolute atomic E-state index is 0.0852. The second-order valence-electron chi connectivity index (χ2n) is 5.87. The smallest absolute Gasteiger partial charge is 0.253 e. The first-order valence-corrected chi connectivity index (χ1v) is 8.89. The van der Waals surface area contributed by atoms with Gasteiger partial charge in [-0.15, -0.1) is 11.3 Å². The van der Waals surface area contributed by atoms with Crippen LogP contribution in [-0.2, 0) is 6.61 Å². The van der Waals surface area contributed by atoms with Crippen LogP contribution in [0.2, 0.25) is 0 Å². The molecular formula is C18H22N2O2S. The highest BCUT2D eigenvalue weighted by molar-refractivity contribution is 7.09. The molecule has 2 aromatic rings. The zero-order chi connectivity index (χ0) is 16.1. The van der Waals surface area contributed by atoms with Gasteiger partial charge in [-0.05, 0) is 54.9 Å². The molecule has 0 aliphatic carbocycles. The van der Waals surface area contributed by atoms with Gasteiger partial charge < -0.3 is 15.4 Å². The Bertz CT molecular complexity index is 634. The third-order valence-corrected chi connectivity index (χ3v) is 5.13. The van der Waals surface area contributed by atoms with E-state index in [1.54, 1.807) is 11.3 Å². The first-order valence-electron chi connectivity index (χ1n) is 8.01. The molecule has 2 heterocycles. The summed E-state index contributed by atoms with van der Waals surface area (Å²) in [6.45, 7) is 2.84. The van der Waals surface area contributed by atoms with Gasteiger partial charge in [0.05, 0.1) is 0 Å². The van der Waals surface area contributed by atoms with Crippen LogP contribution in [0.25, 0.3) is 0 Å². The standard InChI is InChI=1S/C18H22N2O2S/c19-12-14-6-8-20(9-7-14)18(21)15-3-1-4-16(11-15)22-13-17-5-2-10-23-17/h1-5,10-11,14H,6-9,12-13,19H2. The Hall–Kier alpha value is -1.85. The molecule has 3 rings (SSSR count). The normalized spacial score (nSPS) is 15.6.